The monoisotopic (exact) mass is 282 g/mol. The topological polar surface area (TPSA) is 35.8 Å². The van der Waals surface area contributed by atoms with E-state index in [0.29, 0.717) is 18.7 Å². The molecule has 0 saturated heterocycles. The number of nitrogens with zero attached hydrogens (tertiary/aromatic N) is 1. The van der Waals surface area contributed by atoms with Crippen molar-refractivity contribution < 1.29 is 4.39 Å². The number of nitriles is 1. The van der Waals surface area contributed by atoms with Crippen molar-refractivity contribution in [1.82, 2.24) is 0 Å². The van der Waals surface area contributed by atoms with Gasteiger partial charge >= 0.3 is 0 Å². The van der Waals surface area contributed by atoms with Gasteiger partial charge in [-0.3, -0.25) is 0 Å². The molecule has 16 heavy (non-hydrogen) atoms. The first kappa shape index (κ1) is 11.4. The van der Waals surface area contributed by atoms with Crippen molar-refractivity contribution in [3.8, 4) is 6.07 Å². The Kier molecular flexibility index (Phi) is 3.15. The fraction of sp³-hybridized carbons (Fsp3) is 0.417. The highest BCUT2D eigenvalue weighted by Gasteiger charge is 2.42. The molecule has 0 spiro atoms. The molecule has 0 atom stereocenters. The van der Waals surface area contributed by atoms with Gasteiger partial charge in [-0.25, -0.2) is 4.39 Å². The first-order valence-electron chi connectivity index (χ1n) is 5.21. The Labute approximate surface area is 103 Å². The SMILES string of the molecule is N#CCC1(CNc2ccc(Br)cc2F)CC1. The highest BCUT2D eigenvalue weighted by molar-refractivity contribution is 9.10. The molecule has 2 nitrogen and oxygen atoms in total. The van der Waals surface area contributed by atoms with Crippen molar-refractivity contribution in [2.24, 2.45) is 5.41 Å². The molecule has 0 aliphatic heterocycles. The van der Waals surface area contributed by atoms with Crippen LogP contribution in [0.1, 0.15) is 19.3 Å². The number of hydrogen-bond acceptors (Lipinski definition) is 2. The summed E-state index contributed by atoms with van der Waals surface area (Å²) in [5.41, 5.74) is 0.598. The second-order valence-corrected chi connectivity index (χ2v) is 5.23. The third kappa shape index (κ3) is 2.53. The fourth-order valence-electron chi connectivity index (χ4n) is 1.68. The van der Waals surface area contributed by atoms with Crippen LogP contribution in [0, 0.1) is 22.6 Å². The maximum atomic E-state index is 13.5. The van der Waals surface area contributed by atoms with Gasteiger partial charge < -0.3 is 5.32 Å². The van der Waals surface area contributed by atoms with E-state index in [4.69, 9.17) is 5.26 Å². The van der Waals surface area contributed by atoms with Gasteiger partial charge in [0.1, 0.15) is 5.82 Å². The summed E-state index contributed by atoms with van der Waals surface area (Å²) in [7, 11) is 0. The third-order valence-electron chi connectivity index (χ3n) is 3.00. The van der Waals surface area contributed by atoms with Crippen LogP contribution in [-0.4, -0.2) is 6.54 Å². The minimum atomic E-state index is -0.262. The lowest BCUT2D eigenvalue weighted by Gasteiger charge is -2.13. The highest BCUT2D eigenvalue weighted by Crippen LogP contribution is 2.48. The van der Waals surface area contributed by atoms with E-state index in [1.165, 1.54) is 6.07 Å². The van der Waals surface area contributed by atoms with Crippen molar-refractivity contribution in [2.45, 2.75) is 19.3 Å². The van der Waals surface area contributed by atoms with Crippen LogP contribution in [-0.2, 0) is 0 Å². The number of anilines is 1. The zero-order chi connectivity index (χ0) is 11.6. The van der Waals surface area contributed by atoms with Crippen LogP contribution in [0.4, 0.5) is 10.1 Å². The quantitative estimate of drug-likeness (QED) is 0.914. The largest absolute Gasteiger partial charge is 0.382 e. The number of halogens is 2. The van der Waals surface area contributed by atoms with Crippen LogP contribution in [0.25, 0.3) is 0 Å². The summed E-state index contributed by atoms with van der Waals surface area (Å²) < 4.78 is 14.2. The van der Waals surface area contributed by atoms with E-state index in [2.05, 4.69) is 27.3 Å². The van der Waals surface area contributed by atoms with Crippen LogP contribution >= 0.6 is 15.9 Å². The first-order valence-corrected chi connectivity index (χ1v) is 6.00. The summed E-state index contributed by atoms with van der Waals surface area (Å²) in [5, 5.41) is 11.8. The lowest BCUT2D eigenvalue weighted by Crippen LogP contribution is -2.15. The molecule has 1 N–H and O–H groups in total. The molecule has 0 heterocycles. The summed E-state index contributed by atoms with van der Waals surface area (Å²) in [6.45, 7) is 0.680. The molecule has 1 aliphatic carbocycles. The second-order valence-electron chi connectivity index (χ2n) is 4.31. The predicted octanol–water partition coefficient (Wildman–Crippen LogP) is 3.69. The Morgan fingerprint density at radius 1 is 1.50 bits per heavy atom. The molecule has 1 saturated carbocycles. The molecular formula is C12H12BrFN2. The van der Waals surface area contributed by atoms with Crippen LogP contribution in [0.2, 0.25) is 0 Å². The van der Waals surface area contributed by atoms with Gasteiger partial charge in [-0.15, -0.1) is 0 Å². The van der Waals surface area contributed by atoms with E-state index >= 15 is 0 Å². The summed E-state index contributed by atoms with van der Waals surface area (Å²) in [6, 6.07) is 7.14. The Morgan fingerprint density at radius 3 is 2.81 bits per heavy atom. The van der Waals surface area contributed by atoms with Gasteiger partial charge in [0, 0.05) is 22.9 Å². The van der Waals surface area contributed by atoms with E-state index < -0.39 is 0 Å². The van der Waals surface area contributed by atoms with Gasteiger partial charge in [0.05, 0.1) is 11.8 Å². The van der Waals surface area contributed by atoms with E-state index in [1.54, 1.807) is 12.1 Å². The number of benzene rings is 1. The summed E-state index contributed by atoms with van der Waals surface area (Å²) in [4.78, 5) is 0. The molecule has 0 radical (unpaired) electrons. The van der Waals surface area contributed by atoms with Crippen LogP contribution in [0.15, 0.2) is 22.7 Å². The molecule has 0 unspecified atom stereocenters. The molecule has 84 valence electrons. The van der Waals surface area contributed by atoms with Gasteiger partial charge in [-0.1, -0.05) is 15.9 Å². The average Bonchev–Trinajstić information content (AvgIpc) is 2.98. The van der Waals surface area contributed by atoms with Gasteiger partial charge in [0.2, 0.25) is 0 Å². The fourth-order valence-corrected chi connectivity index (χ4v) is 2.01. The molecule has 4 heteroatoms. The van der Waals surface area contributed by atoms with E-state index in [9.17, 15) is 4.39 Å². The third-order valence-corrected chi connectivity index (χ3v) is 3.49. The minimum Gasteiger partial charge on any atom is -0.382 e. The lowest BCUT2D eigenvalue weighted by molar-refractivity contribution is 0.553. The average molecular weight is 283 g/mol. The zero-order valence-corrected chi connectivity index (χ0v) is 10.3. The molecule has 1 fully saturated rings. The molecule has 0 aromatic heterocycles. The normalized spacial score (nSPS) is 16.6. The van der Waals surface area contributed by atoms with Crippen LogP contribution in [0.3, 0.4) is 0 Å². The molecule has 0 bridgehead atoms. The van der Waals surface area contributed by atoms with Gasteiger partial charge in [-0.2, -0.15) is 5.26 Å². The summed E-state index contributed by atoms with van der Waals surface area (Å²) in [5.74, 6) is -0.262. The van der Waals surface area contributed by atoms with Gasteiger partial charge in [-0.05, 0) is 31.0 Å². The molecular weight excluding hydrogens is 271 g/mol. The molecule has 2 rings (SSSR count). The van der Waals surface area contributed by atoms with Gasteiger partial charge in [0.15, 0.2) is 0 Å². The predicted molar refractivity (Wildman–Crippen MR) is 64.5 cm³/mol. The number of rotatable bonds is 4. The zero-order valence-electron chi connectivity index (χ0n) is 8.76. The molecule has 1 aromatic carbocycles. The number of nitrogens with one attached hydrogen (secondary N) is 1. The maximum Gasteiger partial charge on any atom is 0.147 e. The Hall–Kier alpha value is -1.08. The van der Waals surface area contributed by atoms with Crippen molar-refractivity contribution in [1.29, 1.82) is 5.26 Å². The van der Waals surface area contributed by atoms with E-state index in [-0.39, 0.29) is 11.2 Å². The van der Waals surface area contributed by atoms with E-state index in [1.807, 2.05) is 0 Å². The Balaban J connectivity index is 1.98. The smallest absolute Gasteiger partial charge is 0.147 e. The standard InChI is InChI=1S/C12H12BrFN2/c13-9-1-2-11(10(14)7-9)16-8-12(3-4-12)5-6-15/h1-2,7,16H,3-5,8H2. The molecule has 0 amide bonds. The lowest BCUT2D eigenvalue weighted by atomic mass is 10.0. The summed E-state index contributed by atoms with van der Waals surface area (Å²) >= 11 is 3.21. The highest BCUT2D eigenvalue weighted by atomic mass is 79.9. The molecule has 1 aromatic rings. The van der Waals surface area contributed by atoms with Crippen molar-refractivity contribution in [3.05, 3.63) is 28.5 Å². The van der Waals surface area contributed by atoms with Crippen molar-refractivity contribution >= 4 is 21.6 Å². The van der Waals surface area contributed by atoms with Crippen LogP contribution in [0.5, 0.6) is 0 Å². The first-order chi connectivity index (χ1) is 7.65. The second kappa shape index (κ2) is 4.42. The molecule has 1 aliphatic rings. The summed E-state index contributed by atoms with van der Waals surface area (Å²) in [6.07, 6.45) is 2.68. The maximum absolute atomic E-state index is 13.5. The Bertz CT molecular complexity index is 435. The van der Waals surface area contributed by atoms with Crippen molar-refractivity contribution in [3.63, 3.8) is 0 Å². The minimum absolute atomic E-state index is 0.0915. The number of hydrogen-bond donors (Lipinski definition) is 1. The van der Waals surface area contributed by atoms with Crippen LogP contribution < -0.4 is 5.32 Å². The van der Waals surface area contributed by atoms with Crippen molar-refractivity contribution in [2.75, 3.05) is 11.9 Å². The Morgan fingerprint density at radius 2 is 2.25 bits per heavy atom. The van der Waals surface area contributed by atoms with Gasteiger partial charge in [0.25, 0.3) is 0 Å². The van der Waals surface area contributed by atoms with E-state index in [0.717, 1.165) is 17.3 Å².